The van der Waals surface area contributed by atoms with Crippen LogP contribution in [-0.2, 0) is 9.59 Å². The highest BCUT2D eigenvalue weighted by atomic mass is 35.5. The first-order chi connectivity index (χ1) is 15.0. The van der Waals surface area contributed by atoms with Gasteiger partial charge in [-0.3, -0.25) is 19.8 Å². The lowest BCUT2D eigenvalue weighted by Gasteiger charge is -2.45. The van der Waals surface area contributed by atoms with Crippen molar-refractivity contribution in [1.82, 2.24) is 5.32 Å². The fraction of sp³-hybridized carbons (Fsp3) is 0.320. The monoisotopic (exact) mass is 467 g/mol. The van der Waals surface area contributed by atoms with Crippen LogP contribution in [0.4, 0.5) is 11.4 Å². The standard InChI is InChI=1S/C25H26ClN3O2S/c1-14-7-6-8-17(9-14)29-23(31)19(22(30)27-24(29)32)11-16-10-18-15(2)13-25(3,4)28(5)21(18)12-20(16)26/h6-12,15H,13H2,1-5H3,(H,27,30,32)/b19-11+/t15-/m0/s1. The Morgan fingerprint density at radius 2 is 1.94 bits per heavy atom. The third-order valence-corrected chi connectivity index (χ3v) is 7.03. The Labute approximate surface area is 199 Å². The number of halogens is 1. The molecule has 166 valence electrons. The highest BCUT2D eigenvalue weighted by Gasteiger charge is 2.36. The van der Waals surface area contributed by atoms with E-state index in [-0.39, 0.29) is 16.2 Å². The number of rotatable bonds is 2. The van der Waals surface area contributed by atoms with Crippen molar-refractivity contribution >= 4 is 58.2 Å². The molecule has 0 bridgehead atoms. The summed E-state index contributed by atoms with van der Waals surface area (Å²) in [5.74, 6) is -0.675. The minimum Gasteiger partial charge on any atom is -0.369 e. The molecule has 7 heteroatoms. The van der Waals surface area contributed by atoms with Crippen LogP contribution in [0.3, 0.4) is 0 Å². The molecule has 0 unspecified atom stereocenters. The van der Waals surface area contributed by atoms with Gasteiger partial charge in [-0.1, -0.05) is 30.7 Å². The predicted molar refractivity (Wildman–Crippen MR) is 134 cm³/mol. The number of nitrogens with zero attached hydrogens (tertiary/aromatic N) is 2. The predicted octanol–water partition coefficient (Wildman–Crippen LogP) is 5.20. The van der Waals surface area contributed by atoms with E-state index >= 15 is 0 Å². The maximum atomic E-state index is 13.3. The van der Waals surface area contributed by atoms with E-state index in [1.54, 1.807) is 12.1 Å². The number of hydrogen-bond acceptors (Lipinski definition) is 4. The van der Waals surface area contributed by atoms with Crippen molar-refractivity contribution < 1.29 is 9.59 Å². The van der Waals surface area contributed by atoms with E-state index in [9.17, 15) is 9.59 Å². The lowest BCUT2D eigenvalue weighted by molar-refractivity contribution is -0.122. The van der Waals surface area contributed by atoms with Crippen LogP contribution in [0.2, 0.25) is 5.02 Å². The topological polar surface area (TPSA) is 52.7 Å². The quantitative estimate of drug-likeness (QED) is 0.374. The highest BCUT2D eigenvalue weighted by molar-refractivity contribution is 7.80. The molecular weight excluding hydrogens is 442 g/mol. The van der Waals surface area contributed by atoms with E-state index in [1.807, 2.05) is 37.3 Å². The molecule has 1 N–H and O–H groups in total. The lowest BCUT2D eigenvalue weighted by atomic mass is 9.80. The average molecular weight is 468 g/mol. The summed E-state index contributed by atoms with van der Waals surface area (Å²) in [7, 11) is 2.07. The summed E-state index contributed by atoms with van der Waals surface area (Å²) in [5, 5.41) is 3.19. The number of carbonyl (C=O) groups excluding carboxylic acids is 2. The van der Waals surface area contributed by atoms with Crippen LogP contribution >= 0.6 is 23.8 Å². The second-order valence-corrected chi connectivity index (χ2v) is 10.00. The van der Waals surface area contributed by atoms with Crippen LogP contribution in [0.15, 0.2) is 42.0 Å². The number of thiocarbonyl (C=S) groups is 1. The van der Waals surface area contributed by atoms with Crippen LogP contribution in [0.25, 0.3) is 6.08 Å². The Morgan fingerprint density at radius 3 is 2.62 bits per heavy atom. The molecule has 0 spiro atoms. The zero-order valence-corrected chi connectivity index (χ0v) is 20.4. The first kappa shape index (κ1) is 22.5. The number of amides is 2. The molecule has 2 amide bonds. The van der Waals surface area contributed by atoms with Crippen molar-refractivity contribution in [2.75, 3.05) is 16.8 Å². The summed E-state index contributed by atoms with van der Waals surface area (Å²) < 4.78 is 0. The molecule has 1 atom stereocenters. The van der Waals surface area contributed by atoms with Gasteiger partial charge in [0.25, 0.3) is 11.8 Å². The van der Waals surface area contributed by atoms with Gasteiger partial charge in [0.05, 0.1) is 5.69 Å². The van der Waals surface area contributed by atoms with Crippen LogP contribution in [-0.4, -0.2) is 29.5 Å². The van der Waals surface area contributed by atoms with Crippen molar-refractivity contribution in [1.29, 1.82) is 0 Å². The first-order valence-electron chi connectivity index (χ1n) is 10.5. The summed E-state index contributed by atoms with van der Waals surface area (Å²) in [4.78, 5) is 29.6. The second kappa shape index (κ2) is 8.01. The zero-order valence-electron chi connectivity index (χ0n) is 18.8. The highest BCUT2D eigenvalue weighted by Crippen LogP contribution is 2.44. The molecule has 0 aromatic heterocycles. The molecule has 2 aromatic carbocycles. The van der Waals surface area contributed by atoms with Crippen molar-refractivity contribution in [3.63, 3.8) is 0 Å². The molecule has 2 aromatic rings. The molecule has 5 nitrogen and oxygen atoms in total. The Kier molecular flexibility index (Phi) is 5.63. The van der Waals surface area contributed by atoms with Gasteiger partial charge in [0.2, 0.25) is 0 Å². The summed E-state index contributed by atoms with van der Waals surface area (Å²) in [6, 6.07) is 11.3. The summed E-state index contributed by atoms with van der Waals surface area (Å²) >= 11 is 11.9. The maximum Gasteiger partial charge on any atom is 0.270 e. The summed E-state index contributed by atoms with van der Waals surface area (Å²) in [6.07, 6.45) is 2.56. The van der Waals surface area contributed by atoms with E-state index in [1.165, 1.54) is 4.90 Å². The van der Waals surface area contributed by atoms with E-state index in [4.69, 9.17) is 23.8 Å². The molecule has 2 aliphatic heterocycles. The normalized spacial score (nSPS) is 21.6. The van der Waals surface area contributed by atoms with Crippen molar-refractivity contribution in [3.05, 3.63) is 63.7 Å². The van der Waals surface area contributed by atoms with Gasteiger partial charge < -0.3 is 4.90 Å². The molecule has 2 aliphatic rings. The van der Waals surface area contributed by atoms with Crippen molar-refractivity contribution in [2.24, 2.45) is 0 Å². The number of hydrogen-bond donors (Lipinski definition) is 1. The van der Waals surface area contributed by atoms with E-state index in [0.29, 0.717) is 22.2 Å². The van der Waals surface area contributed by atoms with Crippen LogP contribution in [0.1, 0.15) is 49.8 Å². The van der Waals surface area contributed by atoms with E-state index in [2.05, 4.69) is 38.0 Å². The van der Waals surface area contributed by atoms with Gasteiger partial charge in [0.15, 0.2) is 5.11 Å². The molecule has 0 aliphatic carbocycles. The van der Waals surface area contributed by atoms with Gasteiger partial charge in [-0.25, -0.2) is 0 Å². The summed E-state index contributed by atoms with van der Waals surface area (Å²) in [5.41, 5.74) is 4.47. The summed E-state index contributed by atoms with van der Waals surface area (Å²) in [6.45, 7) is 8.55. The molecule has 2 heterocycles. The minimum absolute atomic E-state index is 0.000830. The van der Waals surface area contributed by atoms with E-state index < -0.39 is 11.8 Å². The number of nitrogens with one attached hydrogen (secondary N) is 1. The third-order valence-electron chi connectivity index (χ3n) is 6.41. The van der Waals surface area contributed by atoms with Gasteiger partial charge in [-0.15, -0.1) is 0 Å². The van der Waals surface area contributed by atoms with Crippen molar-refractivity contribution in [3.8, 4) is 0 Å². The second-order valence-electron chi connectivity index (χ2n) is 9.21. The smallest absolute Gasteiger partial charge is 0.270 e. The number of benzene rings is 2. The average Bonchev–Trinajstić information content (AvgIpc) is 2.69. The Balaban J connectivity index is 1.78. The Hall–Kier alpha value is -2.70. The first-order valence-corrected chi connectivity index (χ1v) is 11.3. The minimum atomic E-state index is -0.524. The van der Waals surface area contributed by atoms with Crippen molar-refractivity contribution in [2.45, 2.75) is 45.6 Å². The molecule has 1 saturated heterocycles. The maximum absolute atomic E-state index is 13.3. The lowest BCUT2D eigenvalue weighted by Crippen LogP contribution is -2.54. The van der Waals surface area contributed by atoms with Gasteiger partial charge in [0.1, 0.15) is 5.57 Å². The largest absolute Gasteiger partial charge is 0.369 e. The van der Waals surface area contributed by atoms with Crippen LogP contribution in [0.5, 0.6) is 0 Å². The molecular formula is C25H26ClN3O2S. The number of carbonyl (C=O) groups is 2. The fourth-order valence-corrected chi connectivity index (χ4v) is 5.02. The molecule has 1 fully saturated rings. The Bertz CT molecular complexity index is 1190. The number of anilines is 2. The molecule has 32 heavy (non-hydrogen) atoms. The third kappa shape index (κ3) is 3.82. The van der Waals surface area contributed by atoms with Gasteiger partial charge in [0, 0.05) is 23.3 Å². The number of fused-ring (bicyclic) bond motifs is 1. The van der Waals surface area contributed by atoms with Crippen LogP contribution < -0.4 is 15.1 Å². The fourth-order valence-electron chi connectivity index (χ4n) is 4.53. The Morgan fingerprint density at radius 1 is 1.22 bits per heavy atom. The molecule has 0 radical (unpaired) electrons. The molecule has 4 rings (SSSR count). The van der Waals surface area contributed by atoms with Gasteiger partial charge in [-0.05, 0) is 92.4 Å². The van der Waals surface area contributed by atoms with Gasteiger partial charge >= 0.3 is 0 Å². The van der Waals surface area contributed by atoms with E-state index in [0.717, 1.165) is 23.2 Å². The van der Waals surface area contributed by atoms with Gasteiger partial charge in [-0.2, -0.15) is 0 Å². The van der Waals surface area contributed by atoms with Crippen LogP contribution in [0, 0.1) is 6.92 Å². The zero-order chi connectivity index (χ0) is 23.4. The number of aryl methyl sites for hydroxylation is 1. The molecule has 0 saturated carbocycles. The SMILES string of the molecule is Cc1cccc(N2C(=O)/C(=C/c3cc4c(cc3Cl)N(C)C(C)(C)C[C@@H]4C)C(=O)NC2=S)c1.